The second-order valence-corrected chi connectivity index (χ2v) is 3.71. The molecule has 76 valence electrons. The number of carboxylic acid groups (broad SMARTS) is 1. The highest BCUT2D eigenvalue weighted by molar-refractivity contribution is 7.08. The Morgan fingerprint density at radius 2 is 2.21 bits per heavy atom. The second-order valence-electron chi connectivity index (χ2n) is 2.93. The minimum Gasteiger partial charge on any atom is -0.480 e. The summed E-state index contributed by atoms with van der Waals surface area (Å²) in [6.07, 6.45) is 0. The number of ketones is 1. The van der Waals surface area contributed by atoms with Gasteiger partial charge in [-0.05, 0) is 18.4 Å². The van der Waals surface area contributed by atoms with Crippen LogP contribution < -0.4 is 4.90 Å². The molecule has 0 saturated heterocycles. The molecular weight excluding hydrogens is 202 g/mol. The molecule has 0 saturated carbocycles. The summed E-state index contributed by atoms with van der Waals surface area (Å²) in [6, 6.07) is 1.80. The minimum atomic E-state index is -0.933. The topological polar surface area (TPSA) is 57.6 Å². The van der Waals surface area contributed by atoms with Crippen molar-refractivity contribution in [3.8, 4) is 0 Å². The monoisotopic (exact) mass is 213 g/mol. The first-order chi connectivity index (χ1) is 6.59. The standard InChI is InChI=1S/C9H11NO3S/c1-7(11)4-10(5-9(12)13)8-2-3-14-6-8/h2-3,6H,4-5H2,1H3,(H,12,13). The molecule has 14 heavy (non-hydrogen) atoms. The molecule has 1 aromatic rings. The Morgan fingerprint density at radius 3 is 2.64 bits per heavy atom. The molecule has 0 bridgehead atoms. The summed E-state index contributed by atoms with van der Waals surface area (Å²) in [5.41, 5.74) is 0.785. The van der Waals surface area contributed by atoms with Gasteiger partial charge in [-0.1, -0.05) is 0 Å². The van der Waals surface area contributed by atoms with Crippen molar-refractivity contribution in [1.82, 2.24) is 0 Å². The average Bonchev–Trinajstić information content (AvgIpc) is 2.52. The number of anilines is 1. The Morgan fingerprint density at radius 1 is 1.50 bits per heavy atom. The Kier molecular flexibility index (Phi) is 3.64. The van der Waals surface area contributed by atoms with Gasteiger partial charge < -0.3 is 10.0 Å². The van der Waals surface area contributed by atoms with Crippen LogP contribution in [0, 0.1) is 0 Å². The molecule has 0 fully saturated rings. The van der Waals surface area contributed by atoms with Gasteiger partial charge in [0.15, 0.2) is 0 Å². The van der Waals surface area contributed by atoms with Gasteiger partial charge in [-0.25, -0.2) is 0 Å². The van der Waals surface area contributed by atoms with Crippen molar-refractivity contribution in [3.05, 3.63) is 16.8 Å². The Balaban J connectivity index is 2.71. The number of carboxylic acids is 1. The molecule has 0 aliphatic heterocycles. The van der Waals surface area contributed by atoms with Crippen LogP contribution in [0.25, 0.3) is 0 Å². The number of hydrogen-bond acceptors (Lipinski definition) is 4. The smallest absolute Gasteiger partial charge is 0.323 e. The summed E-state index contributed by atoms with van der Waals surface area (Å²) < 4.78 is 0. The van der Waals surface area contributed by atoms with Crippen LogP contribution in [-0.4, -0.2) is 29.9 Å². The molecule has 0 atom stereocenters. The number of rotatable bonds is 5. The highest BCUT2D eigenvalue weighted by atomic mass is 32.1. The predicted octanol–water partition coefficient (Wildman–Crippen LogP) is 1.23. The van der Waals surface area contributed by atoms with E-state index in [1.165, 1.54) is 18.3 Å². The van der Waals surface area contributed by atoms with Crippen molar-refractivity contribution >= 4 is 28.8 Å². The summed E-state index contributed by atoms with van der Waals surface area (Å²) in [5.74, 6) is -0.977. The van der Waals surface area contributed by atoms with Crippen LogP contribution in [0.1, 0.15) is 6.92 Å². The van der Waals surface area contributed by atoms with Gasteiger partial charge in [0, 0.05) is 11.1 Å². The van der Waals surface area contributed by atoms with Gasteiger partial charge in [0.1, 0.15) is 12.3 Å². The lowest BCUT2D eigenvalue weighted by Gasteiger charge is -2.19. The van der Waals surface area contributed by atoms with Gasteiger partial charge in [0.05, 0.1) is 6.54 Å². The molecule has 0 amide bonds. The second kappa shape index (κ2) is 4.76. The number of thiophene rings is 1. The van der Waals surface area contributed by atoms with E-state index in [4.69, 9.17) is 5.11 Å². The van der Waals surface area contributed by atoms with Gasteiger partial charge in [-0.15, -0.1) is 0 Å². The lowest BCUT2D eigenvalue weighted by molar-refractivity contribution is -0.135. The number of aliphatic carboxylic acids is 1. The fraction of sp³-hybridized carbons (Fsp3) is 0.333. The first-order valence-corrected chi connectivity index (χ1v) is 5.02. The molecular formula is C9H11NO3S. The molecule has 0 aromatic carbocycles. The lowest BCUT2D eigenvalue weighted by atomic mass is 10.3. The van der Waals surface area contributed by atoms with E-state index in [0.29, 0.717) is 0 Å². The van der Waals surface area contributed by atoms with E-state index in [9.17, 15) is 9.59 Å². The van der Waals surface area contributed by atoms with Gasteiger partial charge >= 0.3 is 5.97 Å². The van der Waals surface area contributed by atoms with Gasteiger partial charge in [0.2, 0.25) is 0 Å². The molecule has 0 spiro atoms. The van der Waals surface area contributed by atoms with Crippen molar-refractivity contribution in [3.63, 3.8) is 0 Å². The van der Waals surface area contributed by atoms with Crippen LogP contribution in [0.2, 0.25) is 0 Å². The van der Waals surface area contributed by atoms with Crippen molar-refractivity contribution in [2.75, 3.05) is 18.0 Å². The van der Waals surface area contributed by atoms with E-state index in [1.807, 2.05) is 10.8 Å². The Labute approximate surface area is 85.8 Å². The van der Waals surface area contributed by atoms with Crippen LogP contribution in [0.5, 0.6) is 0 Å². The summed E-state index contributed by atoms with van der Waals surface area (Å²) >= 11 is 1.48. The quantitative estimate of drug-likeness (QED) is 0.799. The molecule has 4 nitrogen and oxygen atoms in total. The molecule has 1 N–H and O–H groups in total. The van der Waals surface area contributed by atoms with Crippen LogP contribution in [-0.2, 0) is 9.59 Å². The van der Waals surface area contributed by atoms with Crippen molar-refractivity contribution in [2.24, 2.45) is 0 Å². The number of nitrogens with zero attached hydrogens (tertiary/aromatic N) is 1. The molecule has 5 heteroatoms. The van der Waals surface area contributed by atoms with Gasteiger partial charge in [-0.3, -0.25) is 9.59 Å². The molecule has 1 heterocycles. The lowest BCUT2D eigenvalue weighted by Crippen LogP contribution is -2.33. The van der Waals surface area contributed by atoms with Crippen LogP contribution in [0.15, 0.2) is 16.8 Å². The van der Waals surface area contributed by atoms with Crippen LogP contribution in [0.4, 0.5) is 5.69 Å². The van der Waals surface area contributed by atoms with E-state index in [2.05, 4.69) is 0 Å². The van der Waals surface area contributed by atoms with E-state index >= 15 is 0 Å². The van der Waals surface area contributed by atoms with Crippen LogP contribution in [0.3, 0.4) is 0 Å². The van der Waals surface area contributed by atoms with Crippen LogP contribution >= 0.6 is 11.3 Å². The number of carbonyl (C=O) groups is 2. The van der Waals surface area contributed by atoms with Crippen molar-refractivity contribution in [2.45, 2.75) is 6.92 Å². The average molecular weight is 213 g/mol. The van der Waals surface area contributed by atoms with Crippen molar-refractivity contribution in [1.29, 1.82) is 0 Å². The maximum absolute atomic E-state index is 10.9. The Hall–Kier alpha value is -1.36. The fourth-order valence-electron chi connectivity index (χ4n) is 1.11. The minimum absolute atomic E-state index is 0.0440. The third-order valence-corrected chi connectivity index (χ3v) is 2.28. The normalized spacial score (nSPS) is 9.79. The maximum Gasteiger partial charge on any atom is 0.323 e. The molecule has 1 rings (SSSR count). The van der Waals surface area contributed by atoms with E-state index in [0.717, 1.165) is 5.69 Å². The largest absolute Gasteiger partial charge is 0.480 e. The zero-order valence-electron chi connectivity index (χ0n) is 7.77. The third-order valence-electron chi connectivity index (χ3n) is 1.61. The summed E-state index contributed by atoms with van der Waals surface area (Å²) in [7, 11) is 0. The first kappa shape index (κ1) is 10.7. The molecule has 0 aliphatic carbocycles. The summed E-state index contributed by atoms with van der Waals surface area (Å²) in [6.45, 7) is 1.45. The highest BCUT2D eigenvalue weighted by Gasteiger charge is 2.12. The number of carbonyl (C=O) groups excluding carboxylic acids is 1. The highest BCUT2D eigenvalue weighted by Crippen LogP contribution is 2.17. The molecule has 1 aromatic heterocycles. The van der Waals surface area contributed by atoms with Crippen molar-refractivity contribution < 1.29 is 14.7 Å². The van der Waals surface area contributed by atoms with E-state index in [1.54, 1.807) is 11.0 Å². The third kappa shape index (κ3) is 3.18. The molecule has 0 aliphatic rings. The Bertz CT molecular complexity index is 305. The predicted molar refractivity (Wildman–Crippen MR) is 54.8 cm³/mol. The SMILES string of the molecule is CC(=O)CN(CC(=O)O)c1ccsc1. The fourth-order valence-corrected chi connectivity index (χ4v) is 1.77. The van der Waals surface area contributed by atoms with Gasteiger partial charge in [0.25, 0.3) is 0 Å². The number of hydrogen-bond donors (Lipinski definition) is 1. The zero-order chi connectivity index (χ0) is 10.6. The summed E-state index contributed by atoms with van der Waals surface area (Å²) in [5, 5.41) is 12.3. The zero-order valence-corrected chi connectivity index (χ0v) is 8.58. The number of Topliss-reactive ketones (excluding diaryl/α,β-unsaturated/α-hetero) is 1. The maximum atomic E-state index is 10.9. The molecule has 0 unspecified atom stereocenters. The summed E-state index contributed by atoms with van der Waals surface area (Å²) in [4.78, 5) is 23.0. The molecule has 0 radical (unpaired) electrons. The van der Waals surface area contributed by atoms with E-state index in [-0.39, 0.29) is 18.9 Å². The first-order valence-electron chi connectivity index (χ1n) is 4.08. The van der Waals surface area contributed by atoms with Gasteiger partial charge in [-0.2, -0.15) is 11.3 Å². The van der Waals surface area contributed by atoms with E-state index < -0.39 is 5.97 Å².